The van der Waals surface area contributed by atoms with E-state index in [0.717, 1.165) is 19.4 Å². The molecule has 0 spiro atoms. The van der Waals surface area contributed by atoms with E-state index >= 15 is 0 Å². The summed E-state index contributed by atoms with van der Waals surface area (Å²) in [4.78, 5) is 22.9. The van der Waals surface area contributed by atoms with Crippen LogP contribution < -0.4 is 9.64 Å². The minimum absolute atomic E-state index is 0.140. The maximum absolute atomic E-state index is 12.5. The zero-order chi connectivity index (χ0) is 17.1. The van der Waals surface area contributed by atoms with Gasteiger partial charge in [0, 0.05) is 30.5 Å². The second-order valence-corrected chi connectivity index (χ2v) is 6.70. The number of benzene rings is 1. The van der Waals surface area contributed by atoms with Crippen LogP contribution in [-0.4, -0.2) is 29.0 Å². The zero-order valence-corrected chi connectivity index (χ0v) is 14.9. The van der Waals surface area contributed by atoms with Crippen molar-refractivity contribution in [3.05, 3.63) is 45.7 Å². The number of nitrogens with zero attached hydrogens (tertiary/aromatic N) is 3. The van der Waals surface area contributed by atoms with Gasteiger partial charge in [-0.3, -0.25) is 4.79 Å². The first-order valence-corrected chi connectivity index (χ1v) is 8.56. The molecular weight excluding hydrogens is 373 g/mol. The van der Waals surface area contributed by atoms with Crippen LogP contribution in [0, 0.1) is 5.92 Å². The number of piperidine rings is 1. The van der Waals surface area contributed by atoms with E-state index in [4.69, 9.17) is 39.5 Å². The molecule has 0 radical (unpaired) electrons. The van der Waals surface area contributed by atoms with Gasteiger partial charge in [0.2, 0.25) is 5.95 Å². The molecule has 8 heteroatoms. The summed E-state index contributed by atoms with van der Waals surface area (Å²) in [5.41, 5.74) is 0. The standard InChI is InChI=1S/C16H14Cl3N3O2/c17-11-7-12(18)14(13(19)8-11)24-15(23)10-3-1-6-22(9-10)16-20-4-2-5-21-16/h2,4-5,7-8,10H,1,3,6,9H2/t10-/m1/s1. The summed E-state index contributed by atoms with van der Waals surface area (Å²) in [5, 5.41) is 0.801. The molecule has 3 rings (SSSR count). The molecule has 0 amide bonds. The van der Waals surface area contributed by atoms with Gasteiger partial charge >= 0.3 is 5.97 Å². The largest absolute Gasteiger partial charge is 0.423 e. The highest BCUT2D eigenvalue weighted by molar-refractivity contribution is 6.40. The number of halogens is 3. The Kier molecular flexibility index (Phi) is 5.43. The molecule has 0 unspecified atom stereocenters. The van der Waals surface area contributed by atoms with Crippen molar-refractivity contribution in [1.82, 2.24) is 9.97 Å². The van der Waals surface area contributed by atoms with Crippen molar-refractivity contribution in [2.24, 2.45) is 5.92 Å². The fraction of sp³-hybridized carbons (Fsp3) is 0.312. The van der Waals surface area contributed by atoms with E-state index in [-0.39, 0.29) is 27.7 Å². The van der Waals surface area contributed by atoms with Crippen LogP contribution in [0.4, 0.5) is 5.95 Å². The number of esters is 1. The molecule has 0 N–H and O–H groups in total. The fourth-order valence-corrected chi connectivity index (χ4v) is 3.51. The molecule has 0 aliphatic carbocycles. The molecule has 1 aliphatic rings. The zero-order valence-electron chi connectivity index (χ0n) is 12.6. The highest BCUT2D eigenvalue weighted by atomic mass is 35.5. The molecule has 1 fully saturated rings. The van der Waals surface area contributed by atoms with Gasteiger partial charge in [0.1, 0.15) is 0 Å². The molecule has 1 aliphatic heterocycles. The van der Waals surface area contributed by atoms with E-state index in [1.807, 2.05) is 4.90 Å². The summed E-state index contributed by atoms with van der Waals surface area (Å²) >= 11 is 18.0. The third-order valence-electron chi connectivity index (χ3n) is 3.76. The van der Waals surface area contributed by atoms with Gasteiger partial charge in [-0.1, -0.05) is 34.8 Å². The monoisotopic (exact) mass is 385 g/mol. The lowest BCUT2D eigenvalue weighted by molar-refractivity contribution is -0.139. The van der Waals surface area contributed by atoms with Crippen LogP contribution >= 0.6 is 34.8 Å². The Morgan fingerprint density at radius 2 is 1.83 bits per heavy atom. The molecule has 1 saturated heterocycles. The Labute approximate surface area is 154 Å². The summed E-state index contributed by atoms with van der Waals surface area (Å²) in [7, 11) is 0. The van der Waals surface area contributed by atoms with Crippen LogP contribution in [0.1, 0.15) is 12.8 Å². The van der Waals surface area contributed by atoms with Crippen LogP contribution in [0.15, 0.2) is 30.6 Å². The molecule has 2 heterocycles. The average Bonchev–Trinajstić information content (AvgIpc) is 2.59. The van der Waals surface area contributed by atoms with Crippen molar-refractivity contribution >= 4 is 46.7 Å². The Balaban J connectivity index is 1.71. The van der Waals surface area contributed by atoms with E-state index in [1.165, 1.54) is 12.1 Å². The van der Waals surface area contributed by atoms with Crippen LogP contribution in [0.2, 0.25) is 15.1 Å². The third-order valence-corrected chi connectivity index (χ3v) is 4.54. The molecule has 126 valence electrons. The van der Waals surface area contributed by atoms with Gasteiger partial charge in [0.25, 0.3) is 0 Å². The van der Waals surface area contributed by atoms with Crippen molar-refractivity contribution in [3.8, 4) is 5.75 Å². The minimum Gasteiger partial charge on any atom is -0.423 e. The molecule has 24 heavy (non-hydrogen) atoms. The van der Waals surface area contributed by atoms with Crippen molar-refractivity contribution in [2.75, 3.05) is 18.0 Å². The van der Waals surface area contributed by atoms with Crippen molar-refractivity contribution < 1.29 is 9.53 Å². The number of hydrogen-bond donors (Lipinski definition) is 0. The summed E-state index contributed by atoms with van der Waals surface area (Å²) < 4.78 is 5.43. The average molecular weight is 387 g/mol. The van der Waals surface area contributed by atoms with E-state index < -0.39 is 0 Å². The van der Waals surface area contributed by atoms with E-state index in [2.05, 4.69) is 9.97 Å². The maximum atomic E-state index is 12.5. The first kappa shape index (κ1) is 17.3. The normalized spacial score (nSPS) is 17.6. The Bertz CT molecular complexity index is 720. The smallest absolute Gasteiger partial charge is 0.316 e. The molecule has 5 nitrogen and oxygen atoms in total. The lowest BCUT2D eigenvalue weighted by atomic mass is 9.98. The molecule has 1 aromatic heterocycles. The van der Waals surface area contributed by atoms with E-state index in [9.17, 15) is 4.79 Å². The van der Waals surface area contributed by atoms with Crippen molar-refractivity contribution in [1.29, 1.82) is 0 Å². The predicted octanol–water partition coefficient (Wildman–Crippen LogP) is 4.26. The van der Waals surface area contributed by atoms with Gasteiger partial charge in [-0.05, 0) is 31.0 Å². The first-order valence-electron chi connectivity index (χ1n) is 7.43. The summed E-state index contributed by atoms with van der Waals surface area (Å²) in [5.74, 6) is 0.0745. The topological polar surface area (TPSA) is 55.3 Å². The molecule has 2 aromatic rings. The minimum atomic E-state index is -0.373. The van der Waals surface area contributed by atoms with Gasteiger partial charge < -0.3 is 9.64 Å². The number of anilines is 1. The van der Waals surface area contributed by atoms with Crippen LogP contribution in [0.3, 0.4) is 0 Å². The SMILES string of the molecule is O=C(Oc1c(Cl)cc(Cl)cc1Cl)[C@@H]1CCCN(c2ncccn2)C1. The third kappa shape index (κ3) is 3.91. The quantitative estimate of drug-likeness (QED) is 0.583. The van der Waals surface area contributed by atoms with E-state index in [0.29, 0.717) is 17.5 Å². The number of rotatable bonds is 3. The van der Waals surface area contributed by atoms with Crippen LogP contribution in [-0.2, 0) is 4.79 Å². The molecule has 0 bridgehead atoms. The highest BCUT2D eigenvalue weighted by Crippen LogP contribution is 2.36. The van der Waals surface area contributed by atoms with Crippen molar-refractivity contribution in [3.63, 3.8) is 0 Å². The molecule has 0 saturated carbocycles. The Morgan fingerprint density at radius 1 is 1.17 bits per heavy atom. The fourth-order valence-electron chi connectivity index (χ4n) is 2.62. The number of hydrogen-bond acceptors (Lipinski definition) is 5. The number of carbonyl (C=O) groups is 1. The number of aromatic nitrogens is 2. The van der Waals surface area contributed by atoms with Crippen LogP contribution in [0.5, 0.6) is 5.75 Å². The highest BCUT2D eigenvalue weighted by Gasteiger charge is 2.29. The van der Waals surface area contributed by atoms with Gasteiger partial charge in [-0.25, -0.2) is 9.97 Å². The second kappa shape index (κ2) is 7.55. The number of ether oxygens (including phenoxy) is 1. The van der Waals surface area contributed by atoms with Crippen LogP contribution in [0.25, 0.3) is 0 Å². The summed E-state index contributed by atoms with van der Waals surface area (Å²) in [6, 6.07) is 4.73. The molecule has 1 atom stereocenters. The summed E-state index contributed by atoms with van der Waals surface area (Å²) in [6.45, 7) is 1.29. The van der Waals surface area contributed by atoms with Gasteiger partial charge in [-0.2, -0.15) is 0 Å². The number of carbonyl (C=O) groups excluding carboxylic acids is 1. The van der Waals surface area contributed by atoms with Gasteiger partial charge in [-0.15, -0.1) is 0 Å². The van der Waals surface area contributed by atoms with Gasteiger partial charge in [0.05, 0.1) is 16.0 Å². The summed E-state index contributed by atoms with van der Waals surface area (Å²) in [6.07, 6.45) is 4.93. The predicted molar refractivity (Wildman–Crippen MR) is 94.1 cm³/mol. The van der Waals surface area contributed by atoms with Crippen molar-refractivity contribution in [2.45, 2.75) is 12.8 Å². The molecular formula is C16H14Cl3N3O2. The second-order valence-electron chi connectivity index (χ2n) is 5.45. The first-order chi connectivity index (χ1) is 11.5. The maximum Gasteiger partial charge on any atom is 0.316 e. The lowest BCUT2D eigenvalue weighted by Crippen LogP contribution is -2.41. The van der Waals surface area contributed by atoms with Gasteiger partial charge in [0.15, 0.2) is 5.75 Å². The van der Waals surface area contributed by atoms with E-state index in [1.54, 1.807) is 18.5 Å². The Morgan fingerprint density at radius 3 is 2.50 bits per heavy atom. The lowest BCUT2D eigenvalue weighted by Gasteiger charge is -2.31. The molecule has 1 aromatic carbocycles. The Hall–Kier alpha value is -1.56.